The number of hydrogen-bond acceptors (Lipinski definition) is 3. The molecule has 0 N–H and O–H groups in total. The molecule has 4 nitrogen and oxygen atoms in total. The van der Waals surface area contributed by atoms with Crippen molar-refractivity contribution in [3.05, 3.63) is 68.2 Å². The van der Waals surface area contributed by atoms with E-state index in [9.17, 15) is 9.59 Å². The number of carbonyl (C=O) groups is 1. The molecule has 2 aromatic carbocycles. The van der Waals surface area contributed by atoms with Gasteiger partial charge in [-0.2, -0.15) is 0 Å². The molecule has 0 radical (unpaired) electrons. The van der Waals surface area contributed by atoms with Crippen LogP contribution in [0.5, 0.6) is 0 Å². The van der Waals surface area contributed by atoms with Gasteiger partial charge in [0.2, 0.25) is 5.78 Å². The molecule has 2 heterocycles. The molecule has 4 rings (SSSR count). The normalized spacial score (nSPS) is 12.6. The van der Waals surface area contributed by atoms with E-state index in [1.54, 1.807) is 36.4 Å². The van der Waals surface area contributed by atoms with E-state index >= 15 is 0 Å². The number of nitrogens with zero attached hydrogens (tertiary/aromatic N) is 2. The second kappa shape index (κ2) is 4.16. The standard InChI is InChI=1S/C15H6Cl2N2O2/c16-8-5-6-10-11(12(8)17)13(20)14-18-9-4-2-1-3-7(9)15(21)19(10)14/h1-6H. The van der Waals surface area contributed by atoms with Crippen LogP contribution in [0.4, 0.5) is 0 Å². The molecule has 0 amide bonds. The Morgan fingerprint density at radius 3 is 2.57 bits per heavy atom. The van der Waals surface area contributed by atoms with E-state index in [2.05, 4.69) is 4.98 Å². The maximum atomic E-state index is 12.6. The number of fused-ring (bicyclic) bond motifs is 4. The number of halogens is 2. The fourth-order valence-corrected chi connectivity index (χ4v) is 2.97. The summed E-state index contributed by atoms with van der Waals surface area (Å²) in [5.74, 6) is -0.321. The van der Waals surface area contributed by atoms with Gasteiger partial charge in [-0.1, -0.05) is 35.3 Å². The van der Waals surface area contributed by atoms with Crippen LogP contribution in [0.25, 0.3) is 16.6 Å². The Balaban J connectivity index is 2.21. The molecule has 0 aliphatic carbocycles. The van der Waals surface area contributed by atoms with Crippen LogP contribution >= 0.6 is 23.2 Å². The summed E-state index contributed by atoms with van der Waals surface area (Å²) in [4.78, 5) is 29.4. The summed E-state index contributed by atoms with van der Waals surface area (Å²) in [5, 5.41) is 0.871. The third-order valence-corrected chi connectivity index (χ3v) is 4.32. The zero-order valence-electron chi connectivity index (χ0n) is 10.4. The van der Waals surface area contributed by atoms with Crippen molar-refractivity contribution in [1.29, 1.82) is 0 Å². The van der Waals surface area contributed by atoms with Gasteiger partial charge < -0.3 is 0 Å². The Hall–Kier alpha value is -2.17. The lowest BCUT2D eigenvalue weighted by molar-refractivity contribution is 0.103. The Morgan fingerprint density at radius 1 is 1.00 bits per heavy atom. The highest BCUT2D eigenvalue weighted by Crippen LogP contribution is 2.35. The van der Waals surface area contributed by atoms with Crippen LogP contribution in [-0.4, -0.2) is 15.3 Å². The quantitative estimate of drug-likeness (QED) is 0.500. The number of aromatic nitrogens is 2. The lowest BCUT2D eigenvalue weighted by Gasteiger charge is -2.05. The monoisotopic (exact) mass is 316 g/mol. The van der Waals surface area contributed by atoms with Crippen molar-refractivity contribution in [1.82, 2.24) is 9.55 Å². The first-order valence-electron chi connectivity index (χ1n) is 6.14. The zero-order valence-corrected chi connectivity index (χ0v) is 11.9. The fourth-order valence-electron chi connectivity index (χ4n) is 2.56. The lowest BCUT2D eigenvalue weighted by Crippen LogP contribution is -2.21. The zero-order chi connectivity index (χ0) is 14.7. The molecule has 0 spiro atoms. The molecule has 0 atom stereocenters. The van der Waals surface area contributed by atoms with Crippen LogP contribution in [0.15, 0.2) is 41.2 Å². The maximum Gasteiger partial charge on any atom is 0.266 e. The number of ketones is 1. The molecule has 1 aliphatic rings. The van der Waals surface area contributed by atoms with Gasteiger partial charge in [0.1, 0.15) is 0 Å². The molecule has 1 aliphatic heterocycles. The molecule has 0 bridgehead atoms. The third kappa shape index (κ3) is 1.54. The topological polar surface area (TPSA) is 52.0 Å². The third-order valence-electron chi connectivity index (χ3n) is 3.52. The van der Waals surface area contributed by atoms with Gasteiger partial charge in [-0.15, -0.1) is 0 Å². The van der Waals surface area contributed by atoms with Crippen LogP contribution < -0.4 is 5.56 Å². The van der Waals surface area contributed by atoms with Crippen molar-refractivity contribution in [3.8, 4) is 5.69 Å². The molecule has 21 heavy (non-hydrogen) atoms. The summed E-state index contributed by atoms with van der Waals surface area (Å²) >= 11 is 12.1. The van der Waals surface area contributed by atoms with Crippen LogP contribution in [0.2, 0.25) is 10.0 Å². The molecule has 0 unspecified atom stereocenters. The molecule has 102 valence electrons. The second-order valence-corrected chi connectivity index (χ2v) is 5.46. The highest BCUT2D eigenvalue weighted by Gasteiger charge is 2.33. The molecule has 3 aromatic rings. The van der Waals surface area contributed by atoms with Crippen molar-refractivity contribution in [2.75, 3.05) is 0 Å². The van der Waals surface area contributed by atoms with E-state index < -0.39 is 0 Å². The number of carbonyl (C=O) groups excluding carboxylic acids is 1. The number of para-hydroxylation sites is 1. The minimum Gasteiger partial charge on any atom is -0.285 e. The highest BCUT2D eigenvalue weighted by atomic mass is 35.5. The maximum absolute atomic E-state index is 12.6. The highest BCUT2D eigenvalue weighted by molar-refractivity contribution is 6.45. The van der Waals surface area contributed by atoms with E-state index in [-0.39, 0.29) is 32.8 Å². The minimum absolute atomic E-state index is 0.0675. The first-order chi connectivity index (χ1) is 10.1. The number of benzene rings is 2. The van der Waals surface area contributed by atoms with Crippen LogP contribution in [0, 0.1) is 0 Å². The summed E-state index contributed by atoms with van der Waals surface area (Å²) in [5.41, 5.74) is 0.843. The first kappa shape index (κ1) is 12.6. The smallest absolute Gasteiger partial charge is 0.266 e. The largest absolute Gasteiger partial charge is 0.285 e. The second-order valence-electron chi connectivity index (χ2n) is 4.68. The Kier molecular flexibility index (Phi) is 2.49. The lowest BCUT2D eigenvalue weighted by atomic mass is 10.1. The molecular formula is C15H6Cl2N2O2. The van der Waals surface area contributed by atoms with Crippen LogP contribution in [0.1, 0.15) is 16.2 Å². The van der Waals surface area contributed by atoms with Gasteiger partial charge in [-0.3, -0.25) is 14.2 Å². The Morgan fingerprint density at radius 2 is 1.76 bits per heavy atom. The molecule has 0 saturated carbocycles. The van der Waals surface area contributed by atoms with Crippen LogP contribution in [0.3, 0.4) is 0 Å². The van der Waals surface area contributed by atoms with E-state index in [0.29, 0.717) is 16.6 Å². The summed E-state index contributed by atoms with van der Waals surface area (Å²) < 4.78 is 1.29. The molecule has 1 aromatic heterocycles. The predicted molar refractivity (Wildman–Crippen MR) is 80.8 cm³/mol. The van der Waals surface area contributed by atoms with Crippen molar-refractivity contribution in [2.24, 2.45) is 0 Å². The first-order valence-corrected chi connectivity index (χ1v) is 6.90. The van der Waals surface area contributed by atoms with E-state index in [1.807, 2.05) is 0 Å². The predicted octanol–water partition coefficient (Wildman–Crippen LogP) is 3.24. The average molecular weight is 317 g/mol. The van der Waals surface area contributed by atoms with Gasteiger partial charge in [-0.05, 0) is 24.3 Å². The van der Waals surface area contributed by atoms with Crippen molar-refractivity contribution >= 4 is 39.9 Å². The van der Waals surface area contributed by atoms with Gasteiger partial charge in [0, 0.05) is 0 Å². The Labute approximate surface area is 128 Å². The van der Waals surface area contributed by atoms with Gasteiger partial charge >= 0.3 is 0 Å². The SMILES string of the molecule is O=C1c2c(ccc(Cl)c2Cl)-n2c1nc1ccccc1c2=O. The number of rotatable bonds is 0. The van der Waals surface area contributed by atoms with Gasteiger partial charge in [0.15, 0.2) is 5.82 Å². The van der Waals surface area contributed by atoms with Gasteiger partial charge in [0.25, 0.3) is 5.56 Å². The van der Waals surface area contributed by atoms with Crippen molar-refractivity contribution in [3.63, 3.8) is 0 Å². The number of hydrogen-bond donors (Lipinski definition) is 0. The fraction of sp³-hybridized carbons (Fsp3) is 0. The van der Waals surface area contributed by atoms with Crippen molar-refractivity contribution < 1.29 is 4.79 Å². The Bertz CT molecular complexity index is 1010. The molecule has 0 fully saturated rings. The van der Waals surface area contributed by atoms with E-state index in [1.165, 1.54) is 4.57 Å². The molecule has 6 heteroatoms. The van der Waals surface area contributed by atoms with Crippen molar-refractivity contribution in [2.45, 2.75) is 0 Å². The summed E-state index contributed by atoms with van der Waals surface area (Å²) in [6.07, 6.45) is 0. The summed E-state index contributed by atoms with van der Waals surface area (Å²) in [6.45, 7) is 0. The van der Waals surface area contributed by atoms with Crippen LogP contribution in [-0.2, 0) is 0 Å². The average Bonchev–Trinajstić information content (AvgIpc) is 2.77. The van der Waals surface area contributed by atoms with E-state index in [4.69, 9.17) is 23.2 Å². The molecule has 0 saturated heterocycles. The minimum atomic E-state index is -0.389. The summed E-state index contributed by atoms with van der Waals surface area (Å²) in [6, 6.07) is 10.1. The van der Waals surface area contributed by atoms with E-state index in [0.717, 1.165) is 0 Å². The van der Waals surface area contributed by atoms with Gasteiger partial charge in [-0.25, -0.2) is 4.98 Å². The summed E-state index contributed by atoms with van der Waals surface area (Å²) in [7, 11) is 0. The molecular weight excluding hydrogens is 311 g/mol. The van der Waals surface area contributed by atoms with Gasteiger partial charge in [0.05, 0.1) is 32.2 Å².